The molecule has 4 N–H and O–H groups in total. The van der Waals surface area contributed by atoms with E-state index in [1.54, 1.807) is 0 Å². The molecular formula is C14H19N3. The highest BCUT2D eigenvalue weighted by atomic mass is 15.0. The molecule has 0 fully saturated rings. The zero-order valence-corrected chi connectivity index (χ0v) is 10.00. The molecule has 0 saturated heterocycles. The Morgan fingerprint density at radius 3 is 3.06 bits per heavy atom. The normalized spacial score (nSPS) is 19.5. The summed E-state index contributed by atoms with van der Waals surface area (Å²) in [5, 5.41) is 4.97. The van der Waals surface area contributed by atoms with Gasteiger partial charge < -0.3 is 16.0 Å². The van der Waals surface area contributed by atoms with E-state index < -0.39 is 0 Å². The Kier molecular flexibility index (Phi) is 2.87. The van der Waals surface area contributed by atoms with Gasteiger partial charge in [-0.3, -0.25) is 0 Å². The maximum absolute atomic E-state index is 5.60. The summed E-state index contributed by atoms with van der Waals surface area (Å²) in [6.45, 7) is 1.85. The van der Waals surface area contributed by atoms with Crippen molar-refractivity contribution in [3.63, 3.8) is 0 Å². The van der Waals surface area contributed by atoms with Gasteiger partial charge in [-0.15, -0.1) is 0 Å². The highest BCUT2D eigenvalue weighted by Gasteiger charge is 2.22. The van der Waals surface area contributed by atoms with E-state index in [4.69, 9.17) is 5.73 Å². The van der Waals surface area contributed by atoms with Crippen molar-refractivity contribution in [3.8, 4) is 0 Å². The van der Waals surface area contributed by atoms with Crippen molar-refractivity contribution in [2.24, 2.45) is 5.73 Å². The molecule has 3 rings (SSSR count). The van der Waals surface area contributed by atoms with Crippen LogP contribution in [0.1, 0.15) is 30.1 Å². The van der Waals surface area contributed by atoms with Crippen LogP contribution in [-0.2, 0) is 6.42 Å². The summed E-state index contributed by atoms with van der Waals surface area (Å²) in [7, 11) is 0. The monoisotopic (exact) mass is 229 g/mol. The van der Waals surface area contributed by atoms with Crippen LogP contribution in [-0.4, -0.2) is 18.1 Å². The van der Waals surface area contributed by atoms with Crippen LogP contribution in [0.4, 0.5) is 0 Å². The van der Waals surface area contributed by atoms with Gasteiger partial charge in [-0.2, -0.15) is 0 Å². The topological polar surface area (TPSA) is 53.8 Å². The SMILES string of the molecule is NCCC[C@H]1NCCc2c1[nH]c1ccccc21. The van der Waals surface area contributed by atoms with Crippen molar-refractivity contribution in [1.29, 1.82) is 0 Å². The number of nitrogens with one attached hydrogen (secondary N) is 2. The van der Waals surface area contributed by atoms with Gasteiger partial charge in [-0.1, -0.05) is 18.2 Å². The van der Waals surface area contributed by atoms with Crippen molar-refractivity contribution in [2.75, 3.05) is 13.1 Å². The smallest absolute Gasteiger partial charge is 0.0476 e. The second-order valence-electron chi connectivity index (χ2n) is 4.75. The molecule has 0 spiro atoms. The standard InChI is InChI=1S/C14H19N3/c15-8-3-6-13-14-11(7-9-16-13)10-4-1-2-5-12(10)17-14/h1-2,4-5,13,16-17H,3,6-9,15H2/t13-/m1/s1. The van der Waals surface area contributed by atoms with Gasteiger partial charge in [-0.05, 0) is 44.0 Å². The van der Waals surface area contributed by atoms with Gasteiger partial charge in [0.15, 0.2) is 0 Å². The van der Waals surface area contributed by atoms with Gasteiger partial charge in [0, 0.05) is 22.6 Å². The largest absolute Gasteiger partial charge is 0.357 e. The molecule has 0 saturated carbocycles. The summed E-state index contributed by atoms with van der Waals surface area (Å²) in [4.78, 5) is 3.57. The van der Waals surface area contributed by atoms with Crippen LogP contribution >= 0.6 is 0 Å². The fourth-order valence-corrected chi connectivity index (χ4v) is 2.83. The Balaban J connectivity index is 2.02. The first kappa shape index (κ1) is 10.8. The maximum atomic E-state index is 5.60. The first-order valence-corrected chi connectivity index (χ1v) is 6.43. The average Bonchev–Trinajstić information content (AvgIpc) is 2.75. The minimum atomic E-state index is 0.453. The molecule has 1 aliphatic rings. The van der Waals surface area contributed by atoms with Crippen molar-refractivity contribution in [3.05, 3.63) is 35.5 Å². The summed E-state index contributed by atoms with van der Waals surface area (Å²) in [6.07, 6.45) is 3.32. The molecule has 1 aliphatic heterocycles. The minimum Gasteiger partial charge on any atom is -0.357 e. The fraction of sp³-hybridized carbons (Fsp3) is 0.429. The molecule has 2 heterocycles. The molecule has 1 aromatic carbocycles. The zero-order valence-electron chi connectivity index (χ0n) is 10.00. The van der Waals surface area contributed by atoms with Crippen LogP contribution in [0.25, 0.3) is 10.9 Å². The highest BCUT2D eigenvalue weighted by molar-refractivity contribution is 5.85. The predicted molar refractivity (Wildman–Crippen MR) is 71.0 cm³/mol. The van der Waals surface area contributed by atoms with Gasteiger partial charge in [0.2, 0.25) is 0 Å². The van der Waals surface area contributed by atoms with Crippen LogP contribution in [0.5, 0.6) is 0 Å². The first-order valence-electron chi connectivity index (χ1n) is 6.43. The number of para-hydroxylation sites is 1. The van der Waals surface area contributed by atoms with Crippen molar-refractivity contribution in [1.82, 2.24) is 10.3 Å². The van der Waals surface area contributed by atoms with Crippen LogP contribution in [0, 0.1) is 0 Å². The third-order valence-electron chi connectivity index (χ3n) is 3.66. The molecule has 17 heavy (non-hydrogen) atoms. The molecule has 0 aliphatic carbocycles. The second kappa shape index (κ2) is 4.51. The molecule has 0 unspecified atom stereocenters. The average molecular weight is 229 g/mol. The summed E-state index contributed by atoms with van der Waals surface area (Å²) in [5.74, 6) is 0. The van der Waals surface area contributed by atoms with Crippen LogP contribution in [0.2, 0.25) is 0 Å². The van der Waals surface area contributed by atoms with E-state index >= 15 is 0 Å². The number of nitrogens with two attached hydrogens (primary N) is 1. The van der Waals surface area contributed by atoms with E-state index in [0.717, 1.165) is 32.4 Å². The summed E-state index contributed by atoms with van der Waals surface area (Å²) in [5.41, 5.74) is 9.75. The van der Waals surface area contributed by atoms with Crippen LogP contribution in [0.15, 0.2) is 24.3 Å². The molecule has 0 radical (unpaired) electrons. The molecule has 90 valence electrons. The lowest BCUT2D eigenvalue weighted by atomic mass is 9.96. The lowest BCUT2D eigenvalue weighted by Crippen LogP contribution is -2.30. The number of hydrogen-bond donors (Lipinski definition) is 3. The zero-order chi connectivity index (χ0) is 11.7. The molecule has 0 amide bonds. The Labute approximate surface area is 101 Å². The molecule has 1 aromatic heterocycles. The van der Waals surface area contributed by atoms with Crippen LogP contribution in [0.3, 0.4) is 0 Å². The van der Waals surface area contributed by atoms with Gasteiger partial charge in [0.05, 0.1) is 0 Å². The summed E-state index contributed by atoms with van der Waals surface area (Å²) in [6, 6.07) is 9.04. The minimum absolute atomic E-state index is 0.453. The number of rotatable bonds is 3. The Morgan fingerprint density at radius 1 is 1.29 bits per heavy atom. The van der Waals surface area contributed by atoms with Crippen molar-refractivity contribution < 1.29 is 0 Å². The van der Waals surface area contributed by atoms with E-state index in [1.165, 1.54) is 22.2 Å². The van der Waals surface area contributed by atoms with E-state index in [1.807, 2.05) is 0 Å². The number of aromatic amines is 1. The van der Waals surface area contributed by atoms with E-state index in [9.17, 15) is 0 Å². The predicted octanol–water partition coefficient (Wildman–Crippen LogP) is 2.09. The highest BCUT2D eigenvalue weighted by Crippen LogP contribution is 2.31. The molecule has 0 bridgehead atoms. The van der Waals surface area contributed by atoms with Gasteiger partial charge in [0.25, 0.3) is 0 Å². The number of benzene rings is 1. The van der Waals surface area contributed by atoms with Crippen molar-refractivity contribution >= 4 is 10.9 Å². The number of fused-ring (bicyclic) bond motifs is 3. The van der Waals surface area contributed by atoms with Crippen LogP contribution < -0.4 is 11.1 Å². The Hall–Kier alpha value is -1.32. The third kappa shape index (κ3) is 1.85. The molecular weight excluding hydrogens is 210 g/mol. The van der Waals surface area contributed by atoms with Gasteiger partial charge in [0.1, 0.15) is 0 Å². The summed E-state index contributed by atoms with van der Waals surface area (Å²) >= 11 is 0. The lowest BCUT2D eigenvalue weighted by Gasteiger charge is -2.24. The molecule has 3 heteroatoms. The first-order chi connectivity index (χ1) is 8.40. The number of hydrogen-bond acceptors (Lipinski definition) is 2. The fourth-order valence-electron chi connectivity index (χ4n) is 2.83. The van der Waals surface area contributed by atoms with E-state index in [0.29, 0.717) is 6.04 Å². The lowest BCUT2D eigenvalue weighted by molar-refractivity contribution is 0.458. The second-order valence-corrected chi connectivity index (χ2v) is 4.75. The Morgan fingerprint density at radius 2 is 2.18 bits per heavy atom. The van der Waals surface area contributed by atoms with Crippen molar-refractivity contribution in [2.45, 2.75) is 25.3 Å². The van der Waals surface area contributed by atoms with Gasteiger partial charge in [-0.25, -0.2) is 0 Å². The molecule has 2 aromatic rings. The third-order valence-corrected chi connectivity index (χ3v) is 3.66. The summed E-state index contributed by atoms with van der Waals surface area (Å²) < 4.78 is 0. The number of H-pyrrole nitrogens is 1. The Bertz CT molecular complexity index is 515. The van der Waals surface area contributed by atoms with Gasteiger partial charge >= 0.3 is 0 Å². The van der Waals surface area contributed by atoms with E-state index in [-0.39, 0.29) is 0 Å². The quantitative estimate of drug-likeness (QED) is 0.755. The van der Waals surface area contributed by atoms with E-state index in [2.05, 4.69) is 34.6 Å². The molecule has 3 nitrogen and oxygen atoms in total. The molecule has 1 atom stereocenters. The maximum Gasteiger partial charge on any atom is 0.0476 e. The number of aromatic nitrogens is 1.